The van der Waals surface area contributed by atoms with E-state index in [9.17, 15) is 18.7 Å². The van der Waals surface area contributed by atoms with E-state index < -0.39 is 28.7 Å². The van der Waals surface area contributed by atoms with Gasteiger partial charge in [0.2, 0.25) is 0 Å². The van der Waals surface area contributed by atoms with Crippen LogP contribution in [0.25, 0.3) is 0 Å². The third-order valence-corrected chi connectivity index (χ3v) is 3.34. The van der Waals surface area contributed by atoms with Gasteiger partial charge in [-0.15, -0.1) is 0 Å². The van der Waals surface area contributed by atoms with Crippen LogP contribution in [0, 0.1) is 11.6 Å². The molecule has 110 valence electrons. The molecule has 0 aliphatic heterocycles. The van der Waals surface area contributed by atoms with Crippen LogP contribution < -0.4 is 5.32 Å². The third kappa shape index (κ3) is 2.97. The Bertz CT molecular complexity index is 673. The second kappa shape index (κ2) is 5.69. The van der Waals surface area contributed by atoms with Crippen LogP contribution in [0.15, 0.2) is 42.5 Å². The zero-order chi connectivity index (χ0) is 15.6. The number of hydrogen-bond acceptors (Lipinski definition) is 2. The van der Waals surface area contributed by atoms with E-state index in [1.165, 1.54) is 19.1 Å². The maximum Gasteiger partial charge on any atom is 0.333 e. The molecule has 0 aliphatic rings. The minimum Gasteiger partial charge on any atom is -0.479 e. The zero-order valence-corrected chi connectivity index (χ0v) is 11.8. The lowest BCUT2D eigenvalue weighted by Crippen LogP contribution is -2.42. The molecule has 0 amide bonds. The Morgan fingerprint density at radius 2 is 1.76 bits per heavy atom. The molecule has 21 heavy (non-hydrogen) atoms. The molecule has 1 atom stereocenters. The van der Waals surface area contributed by atoms with Gasteiger partial charge in [0.1, 0.15) is 11.6 Å². The van der Waals surface area contributed by atoms with Gasteiger partial charge in [0.05, 0.1) is 5.56 Å². The Morgan fingerprint density at radius 1 is 1.19 bits per heavy atom. The second-order valence-corrected chi connectivity index (χ2v) is 5.10. The molecule has 0 aliphatic carbocycles. The predicted molar refractivity (Wildman–Crippen MR) is 76.4 cm³/mol. The highest BCUT2D eigenvalue weighted by atomic mass is 35.5. The standard InChI is InChI=1S/C15H12ClF2NO2/c1-15(14(20)21,13-11(17)6-3-7-12(13)18)19-10-5-2-4-9(16)8-10/h2-8,19H,1H3,(H,20,21). The number of rotatable bonds is 4. The quantitative estimate of drug-likeness (QED) is 0.896. The van der Waals surface area contributed by atoms with Gasteiger partial charge in [-0.25, -0.2) is 13.6 Å². The minimum absolute atomic E-state index is 0.343. The Kier molecular flexibility index (Phi) is 4.14. The first-order valence-electron chi connectivity index (χ1n) is 6.06. The van der Waals surface area contributed by atoms with Crippen LogP contribution in [0.1, 0.15) is 12.5 Å². The van der Waals surface area contributed by atoms with Crippen LogP contribution >= 0.6 is 11.6 Å². The molecule has 0 saturated carbocycles. The van der Waals surface area contributed by atoms with Gasteiger partial charge in [-0.1, -0.05) is 23.7 Å². The van der Waals surface area contributed by atoms with Crippen molar-refractivity contribution in [1.29, 1.82) is 0 Å². The molecule has 2 aromatic carbocycles. The number of benzene rings is 2. The summed E-state index contributed by atoms with van der Waals surface area (Å²) in [6.45, 7) is 1.19. The molecule has 2 aromatic rings. The summed E-state index contributed by atoms with van der Waals surface area (Å²) < 4.78 is 27.8. The highest BCUT2D eigenvalue weighted by Crippen LogP contribution is 2.31. The van der Waals surface area contributed by atoms with Crippen LogP contribution in [0.3, 0.4) is 0 Å². The van der Waals surface area contributed by atoms with Crippen molar-refractivity contribution in [3.8, 4) is 0 Å². The molecule has 0 bridgehead atoms. The largest absolute Gasteiger partial charge is 0.479 e. The van der Waals surface area contributed by atoms with Crippen molar-refractivity contribution in [3.05, 3.63) is 64.7 Å². The Labute approximate surface area is 125 Å². The van der Waals surface area contributed by atoms with Gasteiger partial charge < -0.3 is 10.4 Å². The molecule has 2 rings (SSSR count). The summed E-state index contributed by atoms with van der Waals surface area (Å²) in [5, 5.41) is 12.4. The fraction of sp³-hybridized carbons (Fsp3) is 0.133. The molecule has 1 unspecified atom stereocenters. The number of anilines is 1. The van der Waals surface area contributed by atoms with Crippen molar-refractivity contribution in [3.63, 3.8) is 0 Å². The number of carboxylic acid groups (broad SMARTS) is 1. The first-order chi connectivity index (χ1) is 9.84. The summed E-state index contributed by atoms with van der Waals surface area (Å²) in [5.41, 5.74) is -2.19. The highest BCUT2D eigenvalue weighted by Gasteiger charge is 2.40. The monoisotopic (exact) mass is 311 g/mol. The number of nitrogens with one attached hydrogen (secondary N) is 1. The van der Waals surface area contributed by atoms with Crippen LogP contribution in [0.4, 0.5) is 14.5 Å². The number of hydrogen-bond donors (Lipinski definition) is 2. The fourth-order valence-corrected chi connectivity index (χ4v) is 2.24. The number of aliphatic carboxylic acids is 1. The molecule has 0 aromatic heterocycles. The van der Waals surface area contributed by atoms with Gasteiger partial charge in [-0.2, -0.15) is 0 Å². The first kappa shape index (κ1) is 15.3. The summed E-state index contributed by atoms with van der Waals surface area (Å²) in [5.74, 6) is -3.28. The van der Waals surface area contributed by atoms with Gasteiger partial charge in [-0.3, -0.25) is 0 Å². The van der Waals surface area contributed by atoms with E-state index in [2.05, 4.69) is 5.32 Å². The number of carbonyl (C=O) groups is 1. The first-order valence-corrected chi connectivity index (χ1v) is 6.44. The molecule has 0 radical (unpaired) electrons. The van der Waals surface area contributed by atoms with Crippen molar-refractivity contribution in [2.75, 3.05) is 5.32 Å². The number of carboxylic acids is 1. The Hall–Kier alpha value is -2.14. The van der Waals surface area contributed by atoms with Gasteiger partial charge in [-0.05, 0) is 37.3 Å². The molecular weight excluding hydrogens is 300 g/mol. The average molecular weight is 312 g/mol. The van der Waals surface area contributed by atoms with Gasteiger partial charge >= 0.3 is 5.97 Å². The van der Waals surface area contributed by atoms with E-state index in [-0.39, 0.29) is 0 Å². The Morgan fingerprint density at radius 3 is 2.29 bits per heavy atom. The van der Waals surface area contributed by atoms with Crippen LogP contribution in [0.2, 0.25) is 5.02 Å². The van der Waals surface area contributed by atoms with E-state index in [1.807, 2.05) is 0 Å². The lowest BCUT2D eigenvalue weighted by Gasteiger charge is -2.28. The van der Waals surface area contributed by atoms with Crippen molar-refractivity contribution in [2.45, 2.75) is 12.5 Å². The maximum atomic E-state index is 13.9. The van der Waals surface area contributed by atoms with Crippen molar-refractivity contribution in [1.82, 2.24) is 0 Å². The van der Waals surface area contributed by atoms with Crippen molar-refractivity contribution in [2.24, 2.45) is 0 Å². The lowest BCUT2D eigenvalue weighted by atomic mass is 9.90. The minimum atomic E-state index is -1.97. The van der Waals surface area contributed by atoms with E-state index in [1.54, 1.807) is 18.2 Å². The summed E-state index contributed by atoms with van der Waals surface area (Å²) in [6, 6.07) is 9.45. The van der Waals surface area contributed by atoms with E-state index in [4.69, 9.17) is 11.6 Å². The summed E-state index contributed by atoms with van der Waals surface area (Å²) in [6.07, 6.45) is 0. The molecule has 0 spiro atoms. The van der Waals surface area contributed by atoms with Crippen molar-refractivity contribution >= 4 is 23.3 Å². The van der Waals surface area contributed by atoms with E-state index in [0.29, 0.717) is 10.7 Å². The topological polar surface area (TPSA) is 49.3 Å². The van der Waals surface area contributed by atoms with Crippen LogP contribution in [-0.2, 0) is 10.3 Å². The van der Waals surface area contributed by atoms with Crippen molar-refractivity contribution < 1.29 is 18.7 Å². The molecule has 6 heteroatoms. The summed E-state index contributed by atoms with van der Waals surface area (Å²) in [4.78, 5) is 11.6. The van der Waals surface area contributed by atoms with E-state index in [0.717, 1.165) is 12.1 Å². The smallest absolute Gasteiger partial charge is 0.333 e. The average Bonchev–Trinajstić information content (AvgIpc) is 2.38. The predicted octanol–water partition coefficient (Wildman–Crippen LogP) is 4.03. The van der Waals surface area contributed by atoms with Gasteiger partial charge in [0.25, 0.3) is 0 Å². The van der Waals surface area contributed by atoms with Gasteiger partial charge in [0, 0.05) is 10.7 Å². The zero-order valence-electron chi connectivity index (χ0n) is 11.0. The van der Waals surface area contributed by atoms with Gasteiger partial charge in [0.15, 0.2) is 5.54 Å². The molecule has 0 fully saturated rings. The molecule has 3 nitrogen and oxygen atoms in total. The summed E-state index contributed by atoms with van der Waals surface area (Å²) >= 11 is 5.83. The van der Waals surface area contributed by atoms with Crippen LogP contribution in [-0.4, -0.2) is 11.1 Å². The van der Waals surface area contributed by atoms with E-state index >= 15 is 0 Å². The molecular formula is C15H12ClF2NO2. The normalized spacial score (nSPS) is 13.5. The molecule has 0 saturated heterocycles. The second-order valence-electron chi connectivity index (χ2n) is 4.66. The Balaban J connectivity index is 2.53. The van der Waals surface area contributed by atoms with Crippen LogP contribution in [0.5, 0.6) is 0 Å². The molecule has 2 N–H and O–H groups in total. The lowest BCUT2D eigenvalue weighted by molar-refractivity contribution is -0.142. The summed E-state index contributed by atoms with van der Waals surface area (Å²) in [7, 11) is 0. The highest BCUT2D eigenvalue weighted by molar-refractivity contribution is 6.30. The SMILES string of the molecule is CC(Nc1cccc(Cl)c1)(C(=O)O)c1c(F)cccc1F. The number of halogens is 3. The molecule has 0 heterocycles. The fourth-order valence-electron chi connectivity index (χ4n) is 2.05. The third-order valence-electron chi connectivity index (χ3n) is 3.11. The maximum absolute atomic E-state index is 13.9.